The monoisotopic (exact) mass is 423 g/mol. The van der Waals surface area contributed by atoms with Gasteiger partial charge in [-0.05, 0) is 49.8 Å². The van der Waals surface area contributed by atoms with Crippen molar-refractivity contribution in [2.24, 2.45) is 4.99 Å². The Morgan fingerprint density at radius 2 is 2.07 bits per heavy atom. The number of hydrogen-bond acceptors (Lipinski definition) is 6. The van der Waals surface area contributed by atoms with Gasteiger partial charge in [0.25, 0.3) is 5.56 Å². The Morgan fingerprint density at radius 3 is 2.70 bits per heavy atom. The first kappa shape index (κ1) is 19.9. The normalized spacial score (nSPS) is 16.2. The maximum absolute atomic E-state index is 13.3. The summed E-state index contributed by atoms with van der Waals surface area (Å²) in [7, 11) is 1.59. The van der Waals surface area contributed by atoms with Crippen LogP contribution in [0.1, 0.15) is 31.1 Å². The van der Waals surface area contributed by atoms with Crippen LogP contribution in [0.5, 0.6) is 5.75 Å². The number of benzene rings is 1. The number of hydrogen-bond donors (Lipinski definition) is 1. The van der Waals surface area contributed by atoms with E-state index in [1.165, 1.54) is 11.3 Å². The highest BCUT2D eigenvalue weighted by atomic mass is 32.1. The SMILES string of the molecule is CCOC(=O)C1=C(C)N=c2sc(=Cc3ccc[nH]3)c(=O)n2C1c1ccc(OC)cc1. The van der Waals surface area contributed by atoms with Crippen LogP contribution < -0.4 is 19.6 Å². The second kappa shape index (κ2) is 8.16. The number of carbonyl (C=O) groups is 1. The van der Waals surface area contributed by atoms with Gasteiger partial charge in [-0.3, -0.25) is 9.36 Å². The molecule has 2 aromatic heterocycles. The molecule has 4 rings (SSSR count). The quantitative estimate of drug-likeness (QED) is 0.637. The van der Waals surface area contributed by atoms with E-state index in [0.29, 0.717) is 26.4 Å². The number of nitrogens with zero attached hydrogens (tertiary/aromatic N) is 2. The van der Waals surface area contributed by atoms with Crippen molar-refractivity contribution in [3.63, 3.8) is 0 Å². The van der Waals surface area contributed by atoms with Gasteiger partial charge in [0, 0.05) is 11.9 Å². The molecule has 3 heterocycles. The van der Waals surface area contributed by atoms with Crippen molar-refractivity contribution in [3.05, 3.63) is 84.8 Å². The zero-order chi connectivity index (χ0) is 21.3. The molecule has 8 heteroatoms. The summed E-state index contributed by atoms with van der Waals surface area (Å²) in [6, 6.07) is 10.4. The van der Waals surface area contributed by atoms with Gasteiger partial charge in [-0.1, -0.05) is 23.5 Å². The van der Waals surface area contributed by atoms with E-state index in [4.69, 9.17) is 9.47 Å². The van der Waals surface area contributed by atoms with E-state index in [2.05, 4.69) is 9.98 Å². The molecular formula is C22H21N3O4S. The van der Waals surface area contributed by atoms with Gasteiger partial charge < -0.3 is 14.5 Å². The molecule has 0 spiro atoms. The zero-order valence-electron chi connectivity index (χ0n) is 16.8. The number of rotatable bonds is 5. The number of aromatic amines is 1. The molecule has 0 bridgehead atoms. The smallest absolute Gasteiger partial charge is 0.338 e. The summed E-state index contributed by atoms with van der Waals surface area (Å²) in [4.78, 5) is 34.3. The number of aromatic nitrogens is 2. The maximum atomic E-state index is 13.3. The minimum absolute atomic E-state index is 0.205. The summed E-state index contributed by atoms with van der Waals surface area (Å²) >= 11 is 1.29. The van der Waals surface area contributed by atoms with Crippen LogP contribution in [0, 0.1) is 0 Å². The van der Waals surface area contributed by atoms with Crippen LogP contribution in [-0.2, 0) is 9.53 Å². The highest BCUT2D eigenvalue weighted by Gasteiger charge is 2.33. The molecule has 0 amide bonds. The molecule has 3 aromatic rings. The molecular weight excluding hydrogens is 402 g/mol. The minimum Gasteiger partial charge on any atom is -0.497 e. The summed E-state index contributed by atoms with van der Waals surface area (Å²) < 4.78 is 12.6. The molecule has 0 saturated carbocycles. The number of nitrogens with one attached hydrogen (secondary N) is 1. The number of H-pyrrole nitrogens is 1. The molecule has 0 radical (unpaired) electrons. The first-order chi connectivity index (χ1) is 14.5. The standard InChI is InChI=1S/C22H21N3O4S/c1-4-29-21(27)18-13(2)24-22-25(19(18)14-7-9-16(28-3)10-8-14)20(26)17(30-22)12-15-6-5-11-23-15/h5-12,19,23H,4H2,1-3H3. The van der Waals surface area contributed by atoms with E-state index in [1.807, 2.05) is 36.4 Å². The number of carbonyl (C=O) groups excluding carboxylic acids is 1. The Kier molecular flexibility index (Phi) is 5.41. The van der Waals surface area contributed by atoms with Crippen LogP contribution in [0.4, 0.5) is 0 Å². The second-order valence-corrected chi connectivity index (χ2v) is 7.71. The predicted molar refractivity (Wildman–Crippen MR) is 114 cm³/mol. The highest BCUT2D eigenvalue weighted by Crippen LogP contribution is 2.31. The summed E-state index contributed by atoms with van der Waals surface area (Å²) in [5, 5.41) is 0. The third-order valence-corrected chi connectivity index (χ3v) is 5.84. The van der Waals surface area contributed by atoms with Crippen molar-refractivity contribution >= 4 is 23.4 Å². The van der Waals surface area contributed by atoms with Gasteiger partial charge in [-0.25, -0.2) is 9.79 Å². The van der Waals surface area contributed by atoms with Crippen LogP contribution in [-0.4, -0.2) is 29.2 Å². The van der Waals surface area contributed by atoms with Gasteiger partial charge in [0.2, 0.25) is 0 Å². The fraction of sp³-hybridized carbons (Fsp3) is 0.227. The average molecular weight is 423 g/mol. The Hall–Kier alpha value is -3.39. The van der Waals surface area contributed by atoms with Crippen molar-refractivity contribution in [1.82, 2.24) is 9.55 Å². The van der Waals surface area contributed by atoms with Crippen LogP contribution in [0.2, 0.25) is 0 Å². The molecule has 30 heavy (non-hydrogen) atoms. The topological polar surface area (TPSA) is 85.7 Å². The number of esters is 1. The third-order valence-electron chi connectivity index (χ3n) is 4.86. The summed E-state index contributed by atoms with van der Waals surface area (Å²) in [6.45, 7) is 3.76. The van der Waals surface area contributed by atoms with Crippen molar-refractivity contribution < 1.29 is 14.3 Å². The Morgan fingerprint density at radius 1 is 1.30 bits per heavy atom. The van der Waals surface area contributed by atoms with Gasteiger partial charge in [0.05, 0.1) is 35.6 Å². The first-order valence-corrected chi connectivity index (χ1v) is 10.3. The third kappa shape index (κ3) is 3.50. The maximum Gasteiger partial charge on any atom is 0.338 e. The van der Waals surface area contributed by atoms with E-state index in [0.717, 1.165) is 11.3 Å². The van der Waals surface area contributed by atoms with Gasteiger partial charge >= 0.3 is 5.97 Å². The fourth-order valence-electron chi connectivity index (χ4n) is 3.47. The van der Waals surface area contributed by atoms with Crippen molar-refractivity contribution in [1.29, 1.82) is 0 Å². The van der Waals surface area contributed by atoms with Crippen molar-refractivity contribution in [2.75, 3.05) is 13.7 Å². The van der Waals surface area contributed by atoms with Crippen LogP contribution in [0.25, 0.3) is 6.08 Å². The summed E-state index contributed by atoms with van der Waals surface area (Å²) in [5.41, 5.74) is 2.30. The Balaban J connectivity index is 1.95. The van der Waals surface area contributed by atoms with Gasteiger partial charge in [0.1, 0.15) is 5.75 Å². The van der Waals surface area contributed by atoms with Crippen LogP contribution >= 0.6 is 11.3 Å². The molecule has 7 nitrogen and oxygen atoms in total. The van der Waals surface area contributed by atoms with Gasteiger partial charge in [-0.15, -0.1) is 0 Å². The molecule has 1 unspecified atom stereocenters. The van der Waals surface area contributed by atoms with Crippen molar-refractivity contribution in [3.8, 4) is 5.75 Å². The molecule has 1 atom stereocenters. The molecule has 1 N–H and O–H groups in total. The Labute approximate surface area is 176 Å². The Bertz CT molecular complexity index is 1280. The predicted octanol–water partition coefficient (Wildman–Crippen LogP) is 2.14. The van der Waals surface area contributed by atoms with Gasteiger partial charge in [0.15, 0.2) is 4.80 Å². The molecule has 154 valence electrons. The number of thiazole rings is 1. The number of ether oxygens (including phenoxy) is 2. The minimum atomic E-state index is -0.628. The lowest BCUT2D eigenvalue weighted by molar-refractivity contribution is -0.139. The molecule has 0 saturated heterocycles. The number of methoxy groups -OCH3 is 1. The van der Waals surface area contributed by atoms with E-state index < -0.39 is 12.0 Å². The number of fused-ring (bicyclic) bond motifs is 1. The van der Waals surface area contributed by atoms with Gasteiger partial charge in [-0.2, -0.15) is 0 Å². The largest absolute Gasteiger partial charge is 0.497 e. The molecule has 0 aliphatic carbocycles. The number of allylic oxidation sites excluding steroid dienone is 1. The summed E-state index contributed by atoms with van der Waals surface area (Å²) in [6.07, 6.45) is 3.59. The van der Waals surface area contributed by atoms with E-state index in [9.17, 15) is 9.59 Å². The van der Waals surface area contributed by atoms with Crippen LogP contribution in [0.3, 0.4) is 0 Å². The first-order valence-electron chi connectivity index (χ1n) is 9.50. The molecule has 1 aliphatic heterocycles. The fourth-order valence-corrected chi connectivity index (χ4v) is 4.51. The second-order valence-electron chi connectivity index (χ2n) is 6.70. The van der Waals surface area contributed by atoms with E-state index in [-0.39, 0.29) is 12.2 Å². The molecule has 1 aliphatic rings. The van der Waals surface area contributed by atoms with E-state index in [1.54, 1.807) is 37.8 Å². The molecule has 0 fully saturated rings. The lowest BCUT2D eigenvalue weighted by atomic mass is 9.96. The highest BCUT2D eigenvalue weighted by molar-refractivity contribution is 7.07. The summed E-state index contributed by atoms with van der Waals surface area (Å²) in [5.74, 6) is 0.217. The van der Waals surface area contributed by atoms with Crippen molar-refractivity contribution in [2.45, 2.75) is 19.9 Å². The lowest BCUT2D eigenvalue weighted by Gasteiger charge is -2.24. The molecule has 1 aromatic carbocycles. The lowest BCUT2D eigenvalue weighted by Crippen LogP contribution is -2.39. The average Bonchev–Trinajstić information content (AvgIpc) is 3.36. The van der Waals surface area contributed by atoms with Crippen LogP contribution in [0.15, 0.2) is 63.7 Å². The van der Waals surface area contributed by atoms with E-state index >= 15 is 0 Å². The zero-order valence-corrected chi connectivity index (χ0v) is 17.7.